The monoisotopic (exact) mass is 380 g/mol. The molecule has 0 spiro atoms. The Balaban J connectivity index is 1.94. The van der Waals surface area contributed by atoms with Crippen molar-refractivity contribution in [3.8, 4) is 0 Å². The minimum Gasteiger partial charge on any atom is -0.351 e. The lowest BCUT2D eigenvalue weighted by atomic mass is 10.1. The summed E-state index contributed by atoms with van der Waals surface area (Å²) in [6.07, 6.45) is -4.63. The Morgan fingerprint density at radius 2 is 1.93 bits per heavy atom. The molecular weight excluding hydrogens is 365 g/mol. The normalized spacial score (nSPS) is 16.4. The fraction of sp³-hybridized carbons (Fsp3) is 0.467. The van der Waals surface area contributed by atoms with Gasteiger partial charge in [-0.05, 0) is 35.2 Å². The van der Waals surface area contributed by atoms with Gasteiger partial charge in [0.25, 0.3) is 0 Å². The number of rotatable bonds is 3. The van der Waals surface area contributed by atoms with E-state index in [2.05, 4.69) is 30.6 Å². The number of piperazine rings is 1. The number of alkyl halides is 3. The molecule has 12 heteroatoms. The van der Waals surface area contributed by atoms with E-state index >= 15 is 0 Å². The van der Waals surface area contributed by atoms with Crippen molar-refractivity contribution in [3.63, 3.8) is 0 Å². The first-order valence-corrected chi connectivity index (χ1v) is 8.23. The van der Waals surface area contributed by atoms with Gasteiger partial charge in [-0.3, -0.25) is 0 Å². The maximum atomic E-state index is 13.4. The summed E-state index contributed by atoms with van der Waals surface area (Å²) in [6, 6.07) is 2.15. The molecule has 3 heterocycles. The maximum Gasteiger partial charge on any atom is 0.416 e. The molecule has 0 saturated carbocycles. The predicted octanol–water partition coefficient (Wildman–Crippen LogP) is 1.71. The Kier molecular flexibility index (Phi) is 4.13. The lowest BCUT2D eigenvalue weighted by Crippen LogP contribution is -2.45. The smallest absolute Gasteiger partial charge is 0.351 e. The van der Waals surface area contributed by atoms with Gasteiger partial charge in [0, 0.05) is 26.2 Å². The van der Waals surface area contributed by atoms with Crippen LogP contribution in [0.1, 0.15) is 11.1 Å². The Bertz CT molecular complexity index is 1010. The summed E-state index contributed by atoms with van der Waals surface area (Å²) >= 11 is 0. The number of anilines is 1. The zero-order chi connectivity index (χ0) is 19.2. The average molecular weight is 380 g/mol. The van der Waals surface area contributed by atoms with E-state index in [9.17, 15) is 18.1 Å². The van der Waals surface area contributed by atoms with Gasteiger partial charge in [-0.2, -0.15) is 22.6 Å². The molecule has 0 amide bonds. The molecule has 3 aromatic rings. The zero-order valence-electron chi connectivity index (χ0n) is 14.3. The summed E-state index contributed by atoms with van der Waals surface area (Å²) in [5.74, 6) is 0.505. The van der Waals surface area contributed by atoms with Crippen LogP contribution in [0, 0.1) is 4.91 Å². The van der Waals surface area contributed by atoms with Crippen LogP contribution in [0.5, 0.6) is 0 Å². The number of likely N-dealkylation sites (N-methyl/N-ethyl adjacent to an activating group) is 1. The third-order valence-electron chi connectivity index (χ3n) is 4.67. The first kappa shape index (κ1) is 17.5. The van der Waals surface area contributed by atoms with Crippen LogP contribution < -0.4 is 4.90 Å². The standard InChI is InChI=1S/C15H15F3N8O/c1-24-2-4-25(5-3-24)13-14-21-22-23-26(14)12-7-10(15(16,17)18)9(8-19-27)6-11(12)20-13/h6-7H,2-5,8H2,1H3. The summed E-state index contributed by atoms with van der Waals surface area (Å²) in [5, 5.41) is 14.0. The van der Waals surface area contributed by atoms with Gasteiger partial charge < -0.3 is 9.80 Å². The molecule has 0 unspecified atom stereocenters. The minimum atomic E-state index is -4.63. The van der Waals surface area contributed by atoms with Gasteiger partial charge in [-0.15, -0.1) is 5.10 Å². The highest BCUT2D eigenvalue weighted by Crippen LogP contribution is 2.35. The molecule has 4 rings (SSSR count). The van der Waals surface area contributed by atoms with Gasteiger partial charge in [0.1, 0.15) is 6.54 Å². The van der Waals surface area contributed by atoms with E-state index in [0.717, 1.165) is 19.2 Å². The van der Waals surface area contributed by atoms with Crippen LogP contribution >= 0.6 is 0 Å². The Hall–Kier alpha value is -2.89. The zero-order valence-corrected chi connectivity index (χ0v) is 14.3. The number of nitrogens with zero attached hydrogens (tertiary/aromatic N) is 8. The van der Waals surface area contributed by atoms with E-state index in [4.69, 9.17) is 0 Å². The van der Waals surface area contributed by atoms with Crippen LogP contribution in [0.2, 0.25) is 0 Å². The fourth-order valence-electron chi connectivity index (χ4n) is 3.23. The lowest BCUT2D eigenvalue weighted by Gasteiger charge is -2.33. The van der Waals surface area contributed by atoms with E-state index in [1.807, 2.05) is 11.9 Å². The van der Waals surface area contributed by atoms with Crippen molar-refractivity contribution in [1.82, 2.24) is 29.9 Å². The van der Waals surface area contributed by atoms with E-state index in [1.165, 1.54) is 10.6 Å². The van der Waals surface area contributed by atoms with Crippen molar-refractivity contribution >= 4 is 22.5 Å². The molecule has 0 bridgehead atoms. The summed E-state index contributed by atoms with van der Waals surface area (Å²) < 4.78 is 41.4. The van der Waals surface area contributed by atoms with Crippen LogP contribution in [0.3, 0.4) is 0 Å². The number of fused-ring (bicyclic) bond motifs is 3. The second-order valence-electron chi connectivity index (χ2n) is 6.42. The lowest BCUT2D eigenvalue weighted by molar-refractivity contribution is -0.138. The van der Waals surface area contributed by atoms with Gasteiger partial charge in [-0.1, -0.05) is 5.18 Å². The molecule has 142 valence electrons. The van der Waals surface area contributed by atoms with Crippen molar-refractivity contribution in [2.24, 2.45) is 5.18 Å². The summed E-state index contributed by atoms with van der Waals surface area (Å²) in [7, 11) is 2.01. The molecule has 1 aliphatic rings. The molecule has 2 aromatic heterocycles. The number of halogens is 3. The molecule has 0 aliphatic carbocycles. The van der Waals surface area contributed by atoms with Gasteiger partial charge in [0.15, 0.2) is 5.82 Å². The highest BCUT2D eigenvalue weighted by molar-refractivity contribution is 5.84. The molecule has 9 nitrogen and oxygen atoms in total. The van der Waals surface area contributed by atoms with Crippen molar-refractivity contribution in [2.45, 2.75) is 12.7 Å². The molecule has 27 heavy (non-hydrogen) atoms. The quantitative estimate of drug-likeness (QED) is 0.639. The largest absolute Gasteiger partial charge is 0.416 e. The Morgan fingerprint density at radius 1 is 1.19 bits per heavy atom. The number of benzene rings is 1. The van der Waals surface area contributed by atoms with Crippen LogP contribution in [0.15, 0.2) is 17.3 Å². The first-order chi connectivity index (χ1) is 12.9. The van der Waals surface area contributed by atoms with E-state index in [1.54, 1.807) is 0 Å². The molecule has 0 atom stereocenters. The number of hydrogen-bond donors (Lipinski definition) is 0. The van der Waals surface area contributed by atoms with Gasteiger partial charge >= 0.3 is 6.18 Å². The minimum absolute atomic E-state index is 0.120. The van der Waals surface area contributed by atoms with Crippen molar-refractivity contribution in [2.75, 3.05) is 38.1 Å². The summed E-state index contributed by atoms with van der Waals surface area (Å²) in [5.41, 5.74) is -0.485. The molecule has 0 N–H and O–H groups in total. The van der Waals surface area contributed by atoms with Crippen molar-refractivity contribution in [1.29, 1.82) is 0 Å². The van der Waals surface area contributed by atoms with E-state index in [-0.39, 0.29) is 16.6 Å². The third-order valence-corrected chi connectivity index (χ3v) is 4.67. The number of aromatic nitrogens is 5. The van der Waals surface area contributed by atoms with Gasteiger partial charge in [0.05, 0.1) is 16.6 Å². The fourth-order valence-corrected chi connectivity index (χ4v) is 3.23. The average Bonchev–Trinajstić information content (AvgIpc) is 3.10. The summed E-state index contributed by atoms with van der Waals surface area (Å²) in [6.45, 7) is 2.44. The Morgan fingerprint density at radius 3 is 2.59 bits per heavy atom. The van der Waals surface area contributed by atoms with Crippen LogP contribution in [0.25, 0.3) is 16.7 Å². The molecule has 1 aromatic carbocycles. The van der Waals surface area contributed by atoms with Crippen molar-refractivity contribution in [3.05, 3.63) is 28.2 Å². The molecule has 1 aliphatic heterocycles. The third kappa shape index (κ3) is 3.05. The predicted molar refractivity (Wildman–Crippen MR) is 90.3 cm³/mol. The molecular formula is C15H15F3N8O. The molecule has 1 saturated heterocycles. The van der Waals surface area contributed by atoms with Gasteiger partial charge in [-0.25, -0.2) is 4.98 Å². The molecule has 0 radical (unpaired) electrons. The van der Waals surface area contributed by atoms with Crippen LogP contribution in [0.4, 0.5) is 19.0 Å². The van der Waals surface area contributed by atoms with Gasteiger partial charge in [0.2, 0.25) is 5.65 Å². The second kappa shape index (κ2) is 6.37. The van der Waals surface area contributed by atoms with Crippen LogP contribution in [-0.2, 0) is 12.7 Å². The Labute approximate surface area is 150 Å². The van der Waals surface area contributed by atoms with Crippen LogP contribution in [-0.4, -0.2) is 63.2 Å². The SMILES string of the molecule is CN1CCN(c2nc3cc(CN=O)c(C(F)(F)F)cc3n3nnnc23)CC1. The topological polar surface area (TPSA) is 91.9 Å². The number of tetrazole rings is 1. The number of hydrogen-bond acceptors (Lipinski definition) is 8. The highest BCUT2D eigenvalue weighted by atomic mass is 19.4. The molecule has 1 fully saturated rings. The van der Waals surface area contributed by atoms with E-state index < -0.39 is 18.3 Å². The maximum absolute atomic E-state index is 13.4. The first-order valence-electron chi connectivity index (χ1n) is 8.23. The van der Waals surface area contributed by atoms with E-state index in [0.29, 0.717) is 24.6 Å². The second-order valence-corrected chi connectivity index (χ2v) is 6.42. The summed E-state index contributed by atoms with van der Waals surface area (Å²) in [4.78, 5) is 19.3. The van der Waals surface area contributed by atoms with Crippen molar-refractivity contribution < 1.29 is 13.2 Å². The number of nitroso groups, excluding NO2 is 1. The highest BCUT2D eigenvalue weighted by Gasteiger charge is 2.34.